The molecule has 4 aromatic rings. The van der Waals surface area contributed by atoms with E-state index in [1.54, 1.807) is 31.2 Å². The van der Waals surface area contributed by atoms with Crippen molar-refractivity contribution in [2.45, 2.75) is 20.1 Å². The van der Waals surface area contributed by atoms with Crippen molar-refractivity contribution in [3.8, 4) is 0 Å². The molecule has 0 N–H and O–H groups in total. The molecule has 0 fully saturated rings. The number of carbonyl (C=O) groups is 2. The van der Waals surface area contributed by atoms with E-state index < -0.39 is 11.9 Å². The standard InChI is InChI=1S/C24H20N2O5S/c1-15-19-21(32-20(15)24(29)31-13-17-6-4-3-5-7-17)25-14-26(22(19)27)12-16-8-10-18(11-9-16)23(28)30-2/h3-11,14H,12-13H2,1-2H3. The first-order valence-corrected chi connectivity index (χ1v) is 10.7. The molecule has 2 heterocycles. The van der Waals surface area contributed by atoms with Gasteiger partial charge in [-0.1, -0.05) is 42.5 Å². The van der Waals surface area contributed by atoms with E-state index >= 15 is 0 Å². The van der Waals surface area contributed by atoms with Crippen LogP contribution in [0.1, 0.15) is 36.7 Å². The van der Waals surface area contributed by atoms with Crippen molar-refractivity contribution in [3.05, 3.63) is 98.4 Å². The van der Waals surface area contributed by atoms with E-state index in [2.05, 4.69) is 4.98 Å². The summed E-state index contributed by atoms with van der Waals surface area (Å²) in [6.45, 7) is 2.18. The Kier molecular flexibility index (Phi) is 6.13. The fraction of sp³-hybridized carbons (Fsp3) is 0.167. The second kappa shape index (κ2) is 9.15. The van der Waals surface area contributed by atoms with Gasteiger partial charge in [0, 0.05) is 0 Å². The molecule has 0 saturated carbocycles. The Morgan fingerprint density at radius 3 is 2.41 bits per heavy atom. The minimum Gasteiger partial charge on any atom is -0.465 e. The van der Waals surface area contributed by atoms with Crippen molar-refractivity contribution < 1.29 is 19.1 Å². The average Bonchev–Trinajstić information content (AvgIpc) is 3.17. The van der Waals surface area contributed by atoms with Gasteiger partial charge in [-0.15, -0.1) is 11.3 Å². The molecule has 32 heavy (non-hydrogen) atoms. The molecule has 4 rings (SSSR count). The van der Waals surface area contributed by atoms with Crippen LogP contribution in [0.3, 0.4) is 0 Å². The minimum atomic E-state index is -0.473. The molecule has 0 radical (unpaired) electrons. The van der Waals surface area contributed by atoms with Crippen molar-refractivity contribution in [1.29, 1.82) is 0 Å². The van der Waals surface area contributed by atoms with Crippen molar-refractivity contribution in [1.82, 2.24) is 9.55 Å². The lowest BCUT2D eigenvalue weighted by Crippen LogP contribution is -2.21. The zero-order valence-corrected chi connectivity index (χ0v) is 18.3. The molecule has 0 bridgehead atoms. The van der Waals surface area contributed by atoms with Crippen LogP contribution in [0.25, 0.3) is 10.2 Å². The number of thiophene rings is 1. The molecule has 0 atom stereocenters. The molecular weight excluding hydrogens is 428 g/mol. The van der Waals surface area contributed by atoms with Crippen molar-refractivity contribution in [2.75, 3.05) is 7.11 Å². The lowest BCUT2D eigenvalue weighted by atomic mass is 10.1. The number of rotatable bonds is 6. The number of ether oxygens (including phenoxy) is 2. The average molecular weight is 449 g/mol. The van der Waals surface area contributed by atoms with Gasteiger partial charge in [-0.25, -0.2) is 14.6 Å². The maximum absolute atomic E-state index is 13.1. The molecule has 2 aromatic heterocycles. The van der Waals surface area contributed by atoms with Crippen LogP contribution in [0, 0.1) is 6.92 Å². The van der Waals surface area contributed by atoms with E-state index in [-0.39, 0.29) is 18.7 Å². The first-order chi connectivity index (χ1) is 15.5. The van der Waals surface area contributed by atoms with Crippen LogP contribution in [0.5, 0.6) is 0 Å². The van der Waals surface area contributed by atoms with E-state index in [1.165, 1.54) is 18.0 Å². The van der Waals surface area contributed by atoms with Crippen LogP contribution < -0.4 is 5.56 Å². The van der Waals surface area contributed by atoms with Crippen LogP contribution in [0.2, 0.25) is 0 Å². The van der Waals surface area contributed by atoms with Gasteiger partial charge in [0.1, 0.15) is 16.3 Å². The lowest BCUT2D eigenvalue weighted by molar-refractivity contribution is 0.0477. The molecule has 0 aliphatic heterocycles. The van der Waals surface area contributed by atoms with Crippen molar-refractivity contribution in [2.24, 2.45) is 0 Å². The Morgan fingerprint density at radius 1 is 1.00 bits per heavy atom. The highest BCUT2D eigenvalue weighted by molar-refractivity contribution is 7.20. The predicted octanol–water partition coefficient (Wildman–Crippen LogP) is 3.96. The predicted molar refractivity (Wildman–Crippen MR) is 121 cm³/mol. The number of aryl methyl sites for hydroxylation is 1. The Labute approximate surface area is 187 Å². The summed E-state index contributed by atoms with van der Waals surface area (Å²) in [5, 5.41) is 0.412. The SMILES string of the molecule is COC(=O)c1ccc(Cn2cnc3sc(C(=O)OCc4ccccc4)c(C)c3c2=O)cc1. The number of hydrogen-bond acceptors (Lipinski definition) is 7. The van der Waals surface area contributed by atoms with Gasteiger partial charge in [0.05, 0.1) is 30.9 Å². The molecule has 7 nitrogen and oxygen atoms in total. The van der Waals surface area contributed by atoms with E-state index in [1.807, 2.05) is 30.3 Å². The van der Waals surface area contributed by atoms with E-state index in [0.29, 0.717) is 26.2 Å². The Hall–Kier alpha value is -3.78. The molecule has 2 aromatic carbocycles. The van der Waals surface area contributed by atoms with Crippen LogP contribution in [0.4, 0.5) is 0 Å². The number of nitrogens with zero attached hydrogens (tertiary/aromatic N) is 2. The number of aromatic nitrogens is 2. The van der Waals surface area contributed by atoms with E-state index in [4.69, 9.17) is 9.47 Å². The molecule has 0 unspecified atom stereocenters. The van der Waals surface area contributed by atoms with Crippen molar-refractivity contribution in [3.63, 3.8) is 0 Å². The van der Waals surface area contributed by atoms with Gasteiger partial charge in [-0.05, 0) is 35.7 Å². The third-order valence-corrected chi connectivity index (χ3v) is 6.22. The van der Waals surface area contributed by atoms with E-state index in [9.17, 15) is 14.4 Å². The molecule has 0 saturated heterocycles. The highest BCUT2D eigenvalue weighted by atomic mass is 32.1. The third-order valence-electron chi connectivity index (χ3n) is 5.04. The summed E-state index contributed by atoms with van der Waals surface area (Å²) < 4.78 is 11.6. The van der Waals surface area contributed by atoms with Crippen LogP contribution in [0.15, 0.2) is 65.7 Å². The molecule has 0 aliphatic rings. The molecule has 0 spiro atoms. The number of esters is 2. The second-order valence-corrected chi connectivity index (χ2v) is 8.16. The van der Waals surface area contributed by atoms with Gasteiger partial charge >= 0.3 is 11.9 Å². The zero-order valence-electron chi connectivity index (χ0n) is 17.5. The fourth-order valence-electron chi connectivity index (χ4n) is 3.32. The quantitative estimate of drug-likeness (QED) is 0.415. The Bertz CT molecular complexity index is 1340. The van der Waals surface area contributed by atoms with Gasteiger partial charge < -0.3 is 9.47 Å². The van der Waals surface area contributed by atoms with Crippen LogP contribution in [-0.2, 0) is 22.6 Å². The summed E-state index contributed by atoms with van der Waals surface area (Å²) in [7, 11) is 1.32. The Balaban J connectivity index is 1.57. The molecule has 0 aliphatic carbocycles. The second-order valence-electron chi connectivity index (χ2n) is 7.16. The normalized spacial score (nSPS) is 10.8. The molecule has 162 valence electrons. The smallest absolute Gasteiger partial charge is 0.349 e. The maximum Gasteiger partial charge on any atom is 0.349 e. The number of methoxy groups -OCH3 is 1. The highest BCUT2D eigenvalue weighted by Crippen LogP contribution is 2.27. The number of benzene rings is 2. The van der Waals surface area contributed by atoms with Crippen LogP contribution in [-0.4, -0.2) is 28.6 Å². The van der Waals surface area contributed by atoms with Gasteiger partial charge in [0.25, 0.3) is 5.56 Å². The summed E-state index contributed by atoms with van der Waals surface area (Å²) in [6.07, 6.45) is 1.47. The third kappa shape index (κ3) is 4.31. The molecule has 8 heteroatoms. The minimum absolute atomic E-state index is 0.159. The van der Waals surface area contributed by atoms with Gasteiger partial charge in [0.2, 0.25) is 0 Å². The molecular formula is C24H20N2O5S. The van der Waals surface area contributed by atoms with Crippen molar-refractivity contribution >= 4 is 33.5 Å². The largest absolute Gasteiger partial charge is 0.465 e. The Morgan fingerprint density at radius 2 is 1.72 bits per heavy atom. The fourth-order valence-corrected chi connectivity index (χ4v) is 4.35. The first kappa shape index (κ1) is 21.5. The van der Waals surface area contributed by atoms with Gasteiger partial charge in [-0.3, -0.25) is 9.36 Å². The summed E-state index contributed by atoms with van der Waals surface area (Å²) >= 11 is 1.15. The monoisotopic (exact) mass is 448 g/mol. The number of hydrogen-bond donors (Lipinski definition) is 0. The summed E-state index contributed by atoms with van der Waals surface area (Å²) in [6, 6.07) is 16.2. The first-order valence-electron chi connectivity index (χ1n) is 9.84. The summed E-state index contributed by atoms with van der Waals surface area (Å²) in [4.78, 5) is 42.5. The molecule has 0 amide bonds. The number of fused-ring (bicyclic) bond motifs is 1. The summed E-state index contributed by atoms with van der Waals surface area (Å²) in [5.41, 5.74) is 2.48. The van der Waals surface area contributed by atoms with Gasteiger partial charge in [-0.2, -0.15) is 0 Å². The summed E-state index contributed by atoms with van der Waals surface area (Å²) in [5.74, 6) is -0.893. The van der Waals surface area contributed by atoms with Crippen LogP contribution >= 0.6 is 11.3 Å². The van der Waals surface area contributed by atoms with E-state index in [0.717, 1.165) is 22.5 Å². The highest BCUT2D eigenvalue weighted by Gasteiger charge is 2.20. The van der Waals surface area contributed by atoms with Gasteiger partial charge in [0.15, 0.2) is 0 Å². The zero-order chi connectivity index (χ0) is 22.7. The lowest BCUT2D eigenvalue weighted by Gasteiger charge is -2.07. The topological polar surface area (TPSA) is 87.5 Å². The maximum atomic E-state index is 13.1. The number of carbonyl (C=O) groups excluding carboxylic acids is 2.